The van der Waals surface area contributed by atoms with Gasteiger partial charge in [-0.3, -0.25) is 0 Å². The van der Waals surface area contributed by atoms with Crippen LogP contribution in [0.2, 0.25) is 0 Å². The van der Waals surface area contributed by atoms with E-state index < -0.39 is 12.8 Å². The number of hydrogen-bond acceptors (Lipinski definition) is 1. The van der Waals surface area contributed by atoms with E-state index in [1.165, 1.54) is 0 Å². The maximum Gasteiger partial charge on any atom is 0.293 e. The smallest absolute Gasteiger partial charge is 0.293 e. The molecule has 0 aromatic rings. The van der Waals surface area contributed by atoms with Gasteiger partial charge in [0, 0.05) is 22.4 Å². The van der Waals surface area contributed by atoms with Gasteiger partial charge in [-0.25, -0.2) is 13.2 Å². The van der Waals surface area contributed by atoms with Crippen molar-refractivity contribution in [1.29, 1.82) is 0 Å². The van der Waals surface area contributed by atoms with Crippen molar-refractivity contribution in [2.45, 2.75) is 12.8 Å². The molecule has 0 saturated carbocycles. The molecule has 0 spiro atoms. The van der Waals surface area contributed by atoms with Crippen LogP contribution in [0.1, 0.15) is 0 Å². The molecule has 0 amide bonds. The van der Waals surface area contributed by atoms with E-state index in [0.717, 1.165) is 0 Å². The Labute approximate surface area is 54.0 Å². The fourth-order valence-electron chi connectivity index (χ4n) is 0. The summed E-state index contributed by atoms with van der Waals surface area (Å²) < 4.78 is 31.7. The standard InChI is InChI=1S/C2H3F3O.Ag/c3-1(4)2(5)6;/h1-2,6H;. The van der Waals surface area contributed by atoms with Crippen LogP contribution >= 0.6 is 0 Å². The van der Waals surface area contributed by atoms with Crippen LogP contribution in [0, 0.1) is 0 Å². The SMILES string of the molecule is OC(F)C(F)F.[Ag]. The van der Waals surface area contributed by atoms with Gasteiger partial charge in [0.25, 0.3) is 12.8 Å². The summed E-state index contributed by atoms with van der Waals surface area (Å²) in [5.74, 6) is 0. The minimum Gasteiger partial charge on any atom is -0.360 e. The number of aliphatic hydroxyl groups excluding tert-OH is 1. The van der Waals surface area contributed by atoms with Gasteiger partial charge in [-0.05, 0) is 0 Å². The van der Waals surface area contributed by atoms with Gasteiger partial charge in [-0.15, -0.1) is 0 Å². The average Bonchev–Trinajstić information content (AvgIpc) is 1.36. The number of halogens is 3. The molecule has 0 aromatic carbocycles. The molecular formula is C2H3AgF3O. The zero-order valence-electron chi connectivity index (χ0n) is 3.04. The summed E-state index contributed by atoms with van der Waals surface area (Å²) in [5.41, 5.74) is 0. The molecule has 0 heterocycles. The molecule has 1 nitrogen and oxygen atoms in total. The summed E-state index contributed by atoms with van der Waals surface area (Å²) in [6, 6.07) is 0. The molecule has 0 saturated heterocycles. The molecule has 0 aliphatic rings. The topological polar surface area (TPSA) is 20.2 Å². The van der Waals surface area contributed by atoms with Gasteiger partial charge in [-0.2, -0.15) is 0 Å². The summed E-state index contributed by atoms with van der Waals surface area (Å²) in [5, 5.41) is 7.21. The molecule has 0 aliphatic carbocycles. The van der Waals surface area contributed by atoms with E-state index in [4.69, 9.17) is 5.11 Å². The minimum atomic E-state index is -3.26. The Bertz CT molecular complexity index is 33.9. The van der Waals surface area contributed by atoms with Gasteiger partial charge in [-0.1, -0.05) is 0 Å². The zero-order valence-corrected chi connectivity index (χ0v) is 4.52. The van der Waals surface area contributed by atoms with Crippen molar-refractivity contribution in [1.82, 2.24) is 0 Å². The van der Waals surface area contributed by atoms with E-state index in [-0.39, 0.29) is 22.4 Å². The molecule has 0 fully saturated rings. The number of aliphatic hydroxyl groups is 1. The molecule has 7 heavy (non-hydrogen) atoms. The molecule has 1 N–H and O–H groups in total. The van der Waals surface area contributed by atoms with Crippen molar-refractivity contribution in [3.05, 3.63) is 0 Å². The van der Waals surface area contributed by atoms with Crippen molar-refractivity contribution >= 4 is 0 Å². The first-order valence-electron chi connectivity index (χ1n) is 1.25. The van der Waals surface area contributed by atoms with Crippen LogP contribution < -0.4 is 0 Å². The molecule has 5 heteroatoms. The maximum atomic E-state index is 10.6. The predicted molar refractivity (Wildman–Crippen MR) is 13.1 cm³/mol. The Morgan fingerprint density at radius 2 is 1.29 bits per heavy atom. The van der Waals surface area contributed by atoms with E-state index in [9.17, 15) is 13.2 Å². The first kappa shape index (κ1) is 10.5. The third-order valence-electron chi connectivity index (χ3n) is 0.208. The largest absolute Gasteiger partial charge is 0.360 e. The second-order valence-electron chi connectivity index (χ2n) is 0.707. The van der Waals surface area contributed by atoms with Crippen molar-refractivity contribution in [3.63, 3.8) is 0 Å². The van der Waals surface area contributed by atoms with Gasteiger partial charge >= 0.3 is 0 Å². The van der Waals surface area contributed by atoms with Crippen molar-refractivity contribution < 1.29 is 40.7 Å². The third kappa shape index (κ3) is 6.49. The summed E-state index contributed by atoms with van der Waals surface area (Å²) in [7, 11) is 0. The van der Waals surface area contributed by atoms with E-state index >= 15 is 0 Å². The summed E-state index contributed by atoms with van der Waals surface area (Å²) >= 11 is 0. The van der Waals surface area contributed by atoms with Crippen LogP contribution in [0.25, 0.3) is 0 Å². The van der Waals surface area contributed by atoms with Crippen LogP contribution in [0.5, 0.6) is 0 Å². The van der Waals surface area contributed by atoms with Gasteiger partial charge in [0.1, 0.15) is 0 Å². The zero-order chi connectivity index (χ0) is 5.15. The third-order valence-corrected chi connectivity index (χ3v) is 0.208. The van der Waals surface area contributed by atoms with Crippen LogP contribution in [0.4, 0.5) is 13.2 Å². The first-order valence-corrected chi connectivity index (χ1v) is 1.25. The normalized spacial score (nSPS) is 13.3. The number of hydrogen-bond donors (Lipinski definition) is 1. The molecule has 0 bridgehead atoms. The van der Waals surface area contributed by atoms with Gasteiger partial charge in [0.15, 0.2) is 0 Å². The Balaban J connectivity index is 0. The monoisotopic (exact) mass is 207 g/mol. The molecule has 1 unspecified atom stereocenters. The predicted octanol–water partition coefficient (Wildman–Crippen LogP) is 0.537. The van der Waals surface area contributed by atoms with Crippen molar-refractivity contribution in [2.75, 3.05) is 0 Å². The number of alkyl halides is 3. The molecule has 49 valence electrons. The molecule has 1 radical (unpaired) electrons. The van der Waals surface area contributed by atoms with E-state index in [0.29, 0.717) is 0 Å². The minimum absolute atomic E-state index is 0. The quantitative estimate of drug-likeness (QED) is 0.623. The van der Waals surface area contributed by atoms with Crippen LogP contribution in [-0.4, -0.2) is 17.9 Å². The average molecular weight is 208 g/mol. The molecule has 0 aliphatic heterocycles. The van der Waals surface area contributed by atoms with Gasteiger partial charge in [0.05, 0.1) is 0 Å². The van der Waals surface area contributed by atoms with Crippen LogP contribution in [-0.2, 0) is 22.4 Å². The van der Waals surface area contributed by atoms with Crippen LogP contribution in [0.15, 0.2) is 0 Å². The fourth-order valence-corrected chi connectivity index (χ4v) is 0. The van der Waals surface area contributed by atoms with E-state index in [1.54, 1.807) is 0 Å². The molecule has 0 aromatic heterocycles. The van der Waals surface area contributed by atoms with Crippen molar-refractivity contribution in [3.8, 4) is 0 Å². The fraction of sp³-hybridized carbons (Fsp3) is 1.00. The second-order valence-corrected chi connectivity index (χ2v) is 0.707. The summed E-state index contributed by atoms with van der Waals surface area (Å²) in [4.78, 5) is 0. The Morgan fingerprint density at radius 1 is 1.14 bits per heavy atom. The Morgan fingerprint density at radius 3 is 1.29 bits per heavy atom. The molecular weight excluding hydrogens is 205 g/mol. The van der Waals surface area contributed by atoms with Gasteiger partial charge in [0.2, 0.25) is 0 Å². The second kappa shape index (κ2) is 4.64. The Kier molecular flexibility index (Phi) is 6.94. The van der Waals surface area contributed by atoms with E-state index in [1.807, 2.05) is 0 Å². The summed E-state index contributed by atoms with van der Waals surface area (Å²) in [6.07, 6.45) is -6.24. The number of rotatable bonds is 1. The van der Waals surface area contributed by atoms with E-state index in [2.05, 4.69) is 0 Å². The van der Waals surface area contributed by atoms with Crippen molar-refractivity contribution in [2.24, 2.45) is 0 Å². The molecule has 0 rings (SSSR count). The summed E-state index contributed by atoms with van der Waals surface area (Å²) in [6.45, 7) is 0. The first-order chi connectivity index (χ1) is 2.64. The molecule has 1 atom stereocenters. The maximum absolute atomic E-state index is 10.6. The Hall–Kier alpha value is 0.490. The van der Waals surface area contributed by atoms with Gasteiger partial charge < -0.3 is 5.11 Å². The van der Waals surface area contributed by atoms with Crippen LogP contribution in [0.3, 0.4) is 0 Å².